The van der Waals surface area contributed by atoms with Crippen molar-refractivity contribution in [2.45, 2.75) is 59.0 Å². The molecule has 3 fully saturated rings. The molecule has 0 aromatic rings. The zero-order valence-electron chi connectivity index (χ0n) is 12.3. The Balaban J connectivity index is 1.58. The average Bonchev–Trinajstić information content (AvgIpc) is 2.70. The lowest BCUT2D eigenvalue weighted by molar-refractivity contribution is -0.0613. The van der Waals surface area contributed by atoms with Crippen LogP contribution in [-0.2, 0) is 4.74 Å². The van der Waals surface area contributed by atoms with E-state index in [9.17, 15) is 0 Å². The number of piperidine rings is 1. The molecular formula is C16H29NO. The van der Waals surface area contributed by atoms with Crippen LogP contribution in [-0.4, -0.2) is 25.8 Å². The van der Waals surface area contributed by atoms with Crippen molar-refractivity contribution in [1.29, 1.82) is 0 Å². The lowest BCUT2D eigenvalue weighted by atomic mass is 9.70. The van der Waals surface area contributed by atoms with E-state index in [-0.39, 0.29) is 0 Å². The molecule has 2 nitrogen and oxygen atoms in total. The molecule has 1 N–H and O–H groups in total. The Bertz CT molecular complexity index is 308. The highest BCUT2D eigenvalue weighted by Crippen LogP contribution is 2.66. The molecule has 3 rings (SSSR count). The summed E-state index contributed by atoms with van der Waals surface area (Å²) in [4.78, 5) is 0. The van der Waals surface area contributed by atoms with Gasteiger partial charge in [0, 0.05) is 6.61 Å². The molecule has 1 heterocycles. The van der Waals surface area contributed by atoms with E-state index in [2.05, 4.69) is 26.1 Å². The minimum absolute atomic E-state index is 0.435. The molecule has 0 aromatic carbocycles. The van der Waals surface area contributed by atoms with Crippen LogP contribution in [0.4, 0.5) is 0 Å². The van der Waals surface area contributed by atoms with Crippen LogP contribution in [0.1, 0.15) is 52.9 Å². The minimum Gasteiger partial charge on any atom is -0.377 e. The number of ether oxygens (including phenoxy) is 1. The molecule has 104 valence electrons. The molecule has 1 saturated heterocycles. The predicted octanol–water partition coefficient (Wildman–Crippen LogP) is 3.22. The maximum absolute atomic E-state index is 6.39. The van der Waals surface area contributed by atoms with E-state index in [0.29, 0.717) is 16.9 Å². The summed E-state index contributed by atoms with van der Waals surface area (Å²) in [5, 5.41) is 3.43. The van der Waals surface area contributed by atoms with Crippen LogP contribution >= 0.6 is 0 Å². The molecule has 18 heavy (non-hydrogen) atoms. The number of nitrogens with one attached hydrogen (secondary N) is 1. The topological polar surface area (TPSA) is 21.3 Å². The second-order valence-corrected chi connectivity index (χ2v) is 7.63. The van der Waals surface area contributed by atoms with E-state index < -0.39 is 0 Å². The summed E-state index contributed by atoms with van der Waals surface area (Å²) < 4.78 is 6.39. The van der Waals surface area contributed by atoms with Crippen LogP contribution in [0.5, 0.6) is 0 Å². The normalized spacial score (nSPS) is 43.5. The molecule has 0 aromatic heterocycles. The molecule has 1 aliphatic heterocycles. The van der Waals surface area contributed by atoms with Gasteiger partial charge in [-0.25, -0.2) is 0 Å². The van der Waals surface area contributed by atoms with Gasteiger partial charge in [-0.05, 0) is 67.9 Å². The van der Waals surface area contributed by atoms with Crippen molar-refractivity contribution >= 4 is 0 Å². The lowest BCUT2D eigenvalue weighted by Gasteiger charge is -2.39. The maximum Gasteiger partial charge on any atom is 0.0636 e. The highest BCUT2D eigenvalue weighted by molar-refractivity contribution is 5.11. The van der Waals surface area contributed by atoms with Crippen LogP contribution < -0.4 is 5.32 Å². The Morgan fingerprint density at radius 3 is 2.39 bits per heavy atom. The average molecular weight is 251 g/mol. The summed E-state index contributed by atoms with van der Waals surface area (Å²) in [5.41, 5.74) is 0.927. The third-order valence-corrected chi connectivity index (χ3v) is 6.71. The molecule has 0 spiro atoms. The van der Waals surface area contributed by atoms with Crippen molar-refractivity contribution in [1.82, 2.24) is 5.32 Å². The quantitative estimate of drug-likeness (QED) is 0.831. The fourth-order valence-corrected chi connectivity index (χ4v) is 4.68. The second-order valence-electron chi connectivity index (χ2n) is 7.63. The smallest absolute Gasteiger partial charge is 0.0636 e. The van der Waals surface area contributed by atoms with E-state index in [4.69, 9.17) is 4.74 Å². The number of rotatable bonds is 3. The van der Waals surface area contributed by atoms with Crippen molar-refractivity contribution < 1.29 is 4.74 Å². The molecule has 2 bridgehead atoms. The van der Waals surface area contributed by atoms with E-state index in [1.54, 1.807) is 0 Å². The van der Waals surface area contributed by atoms with Crippen molar-refractivity contribution in [2.75, 3.05) is 19.7 Å². The first-order valence-electron chi connectivity index (χ1n) is 7.86. The van der Waals surface area contributed by atoms with Gasteiger partial charge in [-0.3, -0.25) is 0 Å². The van der Waals surface area contributed by atoms with Gasteiger partial charge in [0.05, 0.1) is 6.10 Å². The molecule has 0 radical (unpaired) electrons. The second kappa shape index (κ2) is 4.49. The fraction of sp³-hybridized carbons (Fsp3) is 1.00. The SMILES string of the molecule is CC1(C)C2CCC1(C)C(OCC1CCNCC1)C2. The standard InChI is InChI=1S/C16H29NO/c1-15(2)13-4-7-16(15,3)14(10-13)18-11-12-5-8-17-9-6-12/h12-14,17H,4-11H2,1-3H3. The first kappa shape index (κ1) is 12.9. The third kappa shape index (κ3) is 1.84. The fourth-order valence-electron chi connectivity index (χ4n) is 4.68. The van der Waals surface area contributed by atoms with Crippen LogP contribution in [0.25, 0.3) is 0 Å². The van der Waals surface area contributed by atoms with Crippen LogP contribution in [0.15, 0.2) is 0 Å². The van der Waals surface area contributed by atoms with Crippen molar-refractivity contribution in [3.63, 3.8) is 0 Å². The van der Waals surface area contributed by atoms with E-state index in [0.717, 1.165) is 18.4 Å². The molecule has 3 unspecified atom stereocenters. The zero-order chi connectivity index (χ0) is 12.8. The monoisotopic (exact) mass is 251 g/mol. The lowest BCUT2D eigenvalue weighted by Crippen LogP contribution is -2.39. The van der Waals surface area contributed by atoms with Gasteiger partial charge >= 0.3 is 0 Å². The zero-order valence-corrected chi connectivity index (χ0v) is 12.3. The van der Waals surface area contributed by atoms with Gasteiger partial charge < -0.3 is 10.1 Å². The minimum atomic E-state index is 0.435. The van der Waals surface area contributed by atoms with E-state index in [1.165, 1.54) is 45.2 Å². The molecule has 2 saturated carbocycles. The van der Waals surface area contributed by atoms with Gasteiger partial charge in [0.15, 0.2) is 0 Å². The number of fused-ring (bicyclic) bond motifs is 2. The van der Waals surface area contributed by atoms with Gasteiger partial charge in [-0.15, -0.1) is 0 Å². The maximum atomic E-state index is 6.39. The van der Waals surface area contributed by atoms with Gasteiger partial charge in [-0.2, -0.15) is 0 Å². The van der Waals surface area contributed by atoms with E-state index in [1.807, 2.05) is 0 Å². The third-order valence-electron chi connectivity index (χ3n) is 6.71. The molecule has 3 atom stereocenters. The first-order valence-corrected chi connectivity index (χ1v) is 7.86. The molecule has 3 aliphatic rings. The highest BCUT2D eigenvalue weighted by Gasteiger charge is 2.61. The summed E-state index contributed by atoms with van der Waals surface area (Å²) in [7, 11) is 0. The summed E-state index contributed by atoms with van der Waals surface area (Å²) in [5.74, 6) is 1.71. The Labute approximate surface area is 112 Å². The van der Waals surface area contributed by atoms with Crippen LogP contribution in [0.3, 0.4) is 0 Å². The van der Waals surface area contributed by atoms with E-state index >= 15 is 0 Å². The van der Waals surface area contributed by atoms with Crippen molar-refractivity contribution in [3.05, 3.63) is 0 Å². The largest absolute Gasteiger partial charge is 0.377 e. The summed E-state index contributed by atoms with van der Waals surface area (Å²) in [6.45, 7) is 10.8. The van der Waals surface area contributed by atoms with Crippen molar-refractivity contribution in [3.8, 4) is 0 Å². The Kier molecular flexibility index (Phi) is 3.22. The molecule has 2 aliphatic carbocycles. The summed E-state index contributed by atoms with van der Waals surface area (Å²) >= 11 is 0. The number of hydrogen-bond donors (Lipinski definition) is 1. The van der Waals surface area contributed by atoms with Gasteiger partial charge in [0.1, 0.15) is 0 Å². The van der Waals surface area contributed by atoms with Crippen LogP contribution in [0.2, 0.25) is 0 Å². The Morgan fingerprint density at radius 1 is 1.11 bits per heavy atom. The van der Waals surface area contributed by atoms with Crippen LogP contribution in [0, 0.1) is 22.7 Å². The molecule has 2 heteroatoms. The van der Waals surface area contributed by atoms with Gasteiger partial charge in [-0.1, -0.05) is 20.8 Å². The summed E-state index contributed by atoms with van der Waals surface area (Å²) in [6.07, 6.45) is 7.25. The Morgan fingerprint density at radius 2 is 1.83 bits per heavy atom. The summed E-state index contributed by atoms with van der Waals surface area (Å²) in [6, 6.07) is 0. The molecule has 0 amide bonds. The van der Waals surface area contributed by atoms with Crippen molar-refractivity contribution in [2.24, 2.45) is 22.7 Å². The highest BCUT2D eigenvalue weighted by atomic mass is 16.5. The Hall–Kier alpha value is -0.0800. The number of hydrogen-bond acceptors (Lipinski definition) is 2. The molecular weight excluding hydrogens is 222 g/mol. The first-order chi connectivity index (χ1) is 8.54. The van der Waals surface area contributed by atoms with Gasteiger partial charge in [0.25, 0.3) is 0 Å². The predicted molar refractivity (Wildman–Crippen MR) is 74.6 cm³/mol. The van der Waals surface area contributed by atoms with Gasteiger partial charge in [0.2, 0.25) is 0 Å².